The lowest BCUT2D eigenvalue weighted by molar-refractivity contribution is 0.165. The Balaban J connectivity index is 2.42. The third-order valence-corrected chi connectivity index (χ3v) is 2.63. The van der Waals surface area contributed by atoms with Crippen LogP contribution >= 0.6 is 0 Å². The SMILES string of the molecule is COCCN(C)C(=O)Nc1ccn(CCN(C)C)n1. The molecule has 7 heteroatoms. The summed E-state index contributed by atoms with van der Waals surface area (Å²) in [5.41, 5.74) is 0. The number of hydrogen-bond donors (Lipinski definition) is 1. The summed E-state index contributed by atoms with van der Waals surface area (Å²) in [5, 5.41) is 7.03. The molecule has 0 spiro atoms. The number of likely N-dealkylation sites (N-methyl/N-ethyl adjacent to an activating group) is 2. The predicted molar refractivity (Wildman–Crippen MR) is 74.3 cm³/mol. The Morgan fingerprint density at radius 3 is 2.79 bits per heavy atom. The van der Waals surface area contributed by atoms with Crippen LogP contribution in [0, 0.1) is 0 Å². The molecule has 0 aliphatic rings. The minimum absolute atomic E-state index is 0.185. The highest BCUT2D eigenvalue weighted by atomic mass is 16.5. The quantitative estimate of drug-likeness (QED) is 0.785. The molecular formula is C12H23N5O2. The van der Waals surface area contributed by atoms with E-state index in [1.165, 1.54) is 0 Å². The monoisotopic (exact) mass is 269 g/mol. The van der Waals surface area contributed by atoms with E-state index in [1.54, 1.807) is 25.1 Å². The predicted octanol–water partition coefficient (Wildman–Crippen LogP) is 0.555. The smallest absolute Gasteiger partial charge is 0.322 e. The number of carbonyl (C=O) groups is 1. The molecule has 1 aromatic heterocycles. The lowest BCUT2D eigenvalue weighted by Gasteiger charge is -2.16. The van der Waals surface area contributed by atoms with Gasteiger partial charge in [-0.25, -0.2) is 4.79 Å². The molecule has 0 aliphatic heterocycles. The third kappa shape index (κ3) is 5.71. The highest BCUT2D eigenvalue weighted by Gasteiger charge is 2.09. The number of anilines is 1. The topological polar surface area (TPSA) is 62.6 Å². The minimum Gasteiger partial charge on any atom is -0.383 e. The first kappa shape index (κ1) is 15.5. The van der Waals surface area contributed by atoms with Crippen molar-refractivity contribution < 1.29 is 9.53 Å². The Labute approximate surface area is 114 Å². The number of aromatic nitrogens is 2. The zero-order chi connectivity index (χ0) is 14.3. The van der Waals surface area contributed by atoms with Crippen LogP contribution in [0.4, 0.5) is 10.6 Å². The van der Waals surface area contributed by atoms with E-state index in [0.717, 1.165) is 13.1 Å². The van der Waals surface area contributed by atoms with Gasteiger partial charge in [0.1, 0.15) is 0 Å². The molecule has 0 aliphatic carbocycles. The Morgan fingerprint density at radius 1 is 1.42 bits per heavy atom. The van der Waals surface area contributed by atoms with Gasteiger partial charge >= 0.3 is 6.03 Å². The van der Waals surface area contributed by atoms with Crippen LogP contribution < -0.4 is 5.32 Å². The summed E-state index contributed by atoms with van der Waals surface area (Å²) in [5.74, 6) is 0.563. The molecule has 1 aromatic rings. The number of amides is 2. The standard InChI is InChI=1S/C12H23N5O2/c1-15(2)7-8-17-6-5-11(14-17)13-12(18)16(3)9-10-19-4/h5-6H,7-10H2,1-4H3,(H,13,14,18). The number of ether oxygens (including phenoxy) is 1. The molecule has 0 unspecified atom stereocenters. The van der Waals surface area contributed by atoms with Crippen LogP contribution in [0.1, 0.15) is 0 Å². The second kappa shape index (κ2) is 7.75. The van der Waals surface area contributed by atoms with Gasteiger partial charge in [-0.05, 0) is 14.1 Å². The third-order valence-electron chi connectivity index (χ3n) is 2.63. The van der Waals surface area contributed by atoms with Gasteiger partial charge in [0, 0.05) is 39.5 Å². The van der Waals surface area contributed by atoms with Crippen LogP contribution in [0.25, 0.3) is 0 Å². The lowest BCUT2D eigenvalue weighted by atomic mass is 10.5. The maximum atomic E-state index is 11.8. The van der Waals surface area contributed by atoms with Crippen molar-refractivity contribution in [1.82, 2.24) is 19.6 Å². The van der Waals surface area contributed by atoms with E-state index in [0.29, 0.717) is 19.0 Å². The zero-order valence-corrected chi connectivity index (χ0v) is 12.1. The van der Waals surface area contributed by atoms with Crippen LogP contribution in [-0.4, -0.2) is 73.6 Å². The molecule has 1 rings (SSSR count). The Hall–Kier alpha value is -1.60. The van der Waals surface area contributed by atoms with Crippen molar-refractivity contribution >= 4 is 11.8 Å². The Kier molecular flexibility index (Phi) is 6.31. The molecule has 2 amide bonds. The molecule has 0 saturated carbocycles. The number of rotatable bonds is 7. The summed E-state index contributed by atoms with van der Waals surface area (Å²) < 4.78 is 6.74. The molecule has 0 fully saturated rings. The van der Waals surface area contributed by atoms with Crippen LogP contribution in [0.2, 0.25) is 0 Å². The highest BCUT2D eigenvalue weighted by Crippen LogP contribution is 2.03. The second-order valence-corrected chi connectivity index (χ2v) is 4.61. The fraction of sp³-hybridized carbons (Fsp3) is 0.667. The van der Waals surface area contributed by atoms with Gasteiger partial charge in [0.15, 0.2) is 5.82 Å². The fourth-order valence-electron chi connectivity index (χ4n) is 1.39. The van der Waals surface area contributed by atoms with Crippen LogP contribution in [0.15, 0.2) is 12.3 Å². The van der Waals surface area contributed by atoms with Gasteiger partial charge in [0.05, 0.1) is 13.2 Å². The summed E-state index contributed by atoms with van der Waals surface area (Å²) >= 11 is 0. The summed E-state index contributed by atoms with van der Waals surface area (Å²) in [6, 6.07) is 1.60. The number of hydrogen-bond acceptors (Lipinski definition) is 4. The van der Waals surface area contributed by atoms with E-state index in [4.69, 9.17) is 4.74 Å². The van der Waals surface area contributed by atoms with E-state index < -0.39 is 0 Å². The summed E-state index contributed by atoms with van der Waals surface area (Å²) in [6.45, 7) is 2.76. The highest BCUT2D eigenvalue weighted by molar-refractivity contribution is 5.87. The van der Waals surface area contributed by atoms with E-state index in [-0.39, 0.29) is 6.03 Å². The second-order valence-electron chi connectivity index (χ2n) is 4.61. The summed E-state index contributed by atoms with van der Waals surface area (Å²) in [6.07, 6.45) is 1.86. The Bertz CT molecular complexity index is 391. The van der Waals surface area contributed by atoms with Crippen molar-refractivity contribution in [1.29, 1.82) is 0 Å². The van der Waals surface area contributed by atoms with Gasteiger partial charge in [-0.15, -0.1) is 0 Å². The van der Waals surface area contributed by atoms with Crippen molar-refractivity contribution in [2.45, 2.75) is 6.54 Å². The minimum atomic E-state index is -0.185. The van der Waals surface area contributed by atoms with Gasteiger partial charge in [0.2, 0.25) is 0 Å². The first-order chi connectivity index (χ1) is 9.02. The Morgan fingerprint density at radius 2 is 2.16 bits per heavy atom. The normalized spacial score (nSPS) is 10.8. The number of nitrogens with one attached hydrogen (secondary N) is 1. The summed E-state index contributed by atoms with van der Waals surface area (Å²) in [4.78, 5) is 15.4. The molecule has 7 nitrogen and oxygen atoms in total. The first-order valence-corrected chi connectivity index (χ1v) is 6.22. The van der Waals surface area contributed by atoms with E-state index in [9.17, 15) is 4.79 Å². The van der Waals surface area contributed by atoms with E-state index in [2.05, 4.69) is 15.3 Å². The average Bonchev–Trinajstić information content (AvgIpc) is 2.81. The van der Waals surface area contributed by atoms with Crippen LogP contribution in [0.5, 0.6) is 0 Å². The average molecular weight is 269 g/mol. The number of urea groups is 1. The molecule has 0 bridgehead atoms. The van der Waals surface area contributed by atoms with Gasteiger partial charge < -0.3 is 14.5 Å². The molecule has 0 aromatic carbocycles. The largest absolute Gasteiger partial charge is 0.383 e. The van der Waals surface area contributed by atoms with Crippen molar-refractivity contribution in [2.75, 3.05) is 53.3 Å². The number of carbonyl (C=O) groups excluding carboxylic acids is 1. The van der Waals surface area contributed by atoms with Crippen molar-refractivity contribution in [3.05, 3.63) is 12.3 Å². The lowest BCUT2D eigenvalue weighted by Crippen LogP contribution is -2.34. The van der Waals surface area contributed by atoms with Crippen molar-refractivity contribution in [2.24, 2.45) is 0 Å². The van der Waals surface area contributed by atoms with Crippen LogP contribution in [0.3, 0.4) is 0 Å². The molecular weight excluding hydrogens is 246 g/mol. The van der Waals surface area contributed by atoms with Crippen molar-refractivity contribution in [3.8, 4) is 0 Å². The maximum Gasteiger partial charge on any atom is 0.322 e. The van der Waals surface area contributed by atoms with E-state index in [1.807, 2.05) is 25.0 Å². The molecule has 0 atom stereocenters. The molecule has 108 valence electrons. The number of nitrogens with zero attached hydrogens (tertiary/aromatic N) is 4. The molecule has 19 heavy (non-hydrogen) atoms. The van der Waals surface area contributed by atoms with Gasteiger partial charge in [-0.1, -0.05) is 0 Å². The fourth-order valence-corrected chi connectivity index (χ4v) is 1.39. The molecule has 0 radical (unpaired) electrons. The van der Waals surface area contributed by atoms with Gasteiger partial charge in [-0.3, -0.25) is 10.00 Å². The zero-order valence-electron chi connectivity index (χ0n) is 12.1. The van der Waals surface area contributed by atoms with Crippen molar-refractivity contribution in [3.63, 3.8) is 0 Å². The molecule has 1 heterocycles. The number of methoxy groups -OCH3 is 1. The first-order valence-electron chi connectivity index (χ1n) is 6.22. The maximum absolute atomic E-state index is 11.8. The summed E-state index contributed by atoms with van der Waals surface area (Å²) in [7, 11) is 7.35. The molecule has 0 saturated heterocycles. The molecule has 1 N–H and O–H groups in total. The van der Waals surface area contributed by atoms with Crippen LogP contribution in [-0.2, 0) is 11.3 Å². The van der Waals surface area contributed by atoms with Gasteiger partial charge in [0.25, 0.3) is 0 Å². The van der Waals surface area contributed by atoms with E-state index >= 15 is 0 Å². The van der Waals surface area contributed by atoms with Gasteiger partial charge in [-0.2, -0.15) is 5.10 Å².